The monoisotopic (exact) mass is 451 g/mol. The summed E-state index contributed by atoms with van der Waals surface area (Å²) in [5, 5.41) is 2.54. The van der Waals surface area contributed by atoms with Crippen LogP contribution in [0.15, 0.2) is 84.9 Å². The van der Waals surface area contributed by atoms with E-state index < -0.39 is 0 Å². The topological polar surface area (TPSA) is 21.7 Å². The van der Waals surface area contributed by atoms with Crippen LogP contribution in [0.1, 0.15) is 47.9 Å². The molecule has 0 radical (unpaired) electrons. The van der Waals surface area contributed by atoms with Crippen molar-refractivity contribution in [3.05, 3.63) is 107 Å². The van der Waals surface area contributed by atoms with Gasteiger partial charge in [0.2, 0.25) is 0 Å². The minimum Gasteiger partial charge on any atom is -0.497 e. The van der Waals surface area contributed by atoms with Gasteiger partial charge in [0.25, 0.3) is 0 Å². The smallest absolute Gasteiger partial charge is 0.149 e. The van der Waals surface area contributed by atoms with Gasteiger partial charge < -0.3 is 9.47 Å². The van der Waals surface area contributed by atoms with Crippen molar-refractivity contribution in [2.75, 3.05) is 20.2 Å². The Kier molecular flexibility index (Phi) is 6.55. The van der Waals surface area contributed by atoms with Crippen LogP contribution < -0.4 is 9.47 Å². The van der Waals surface area contributed by atoms with Crippen molar-refractivity contribution in [1.29, 1.82) is 0 Å². The van der Waals surface area contributed by atoms with Crippen molar-refractivity contribution in [2.24, 2.45) is 0 Å². The molecule has 0 bridgehead atoms. The summed E-state index contributed by atoms with van der Waals surface area (Å²) in [5.41, 5.74) is 4.99. The molecule has 2 atom stereocenters. The van der Waals surface area contributed by atoms with Crippen molar-refractivity contribution in [3.63, 3.8) is 0 Å². The predicted octanol–water partition coefficient (Wildman–Crippen LogP) is 7.16. The number of rotatable bonds is 7. The number of aryl methyl sites for hydroxylation is 1. The summed E-state index contributed by atoms with van der Waals surface area (Å²) in [6.45, 7) is 6.57. The van der Waals surface area contributed by atoms with Crippen molar-refractivity contribution in [1.82, 2.24) is 4.90 Å². The molecule has 3 nitrogen and oxygen atoms in total. The van der Waals surface area contributed by atoms with Crippen LogP contribution in [0.2, 0.25) is 0 Å². The molecule has 0 saturated carbocycles. The molecule has 1 aliphatic rings. The van der Waals surface area contributed by atoms with Gasteiger partial charge in [-0.1, -0.05) is 66.7 Å². The molecule has 1 fully saturated rings. The van der Waals surface area contributed by atoms with Gasteiger partial charge in [-0.2, -0.15) is 0 Å². The molecule has 1 saturated heterocycles. The maximum absolute atomic E-state index is 6.39. The molecule has 0 amide bonds. The van der Waals surface area contributed by atoms with Crippen LogP contribution in [-0.4, -0.2) is 31.3 Å². The Labute approximate surface area is 202 Å². The highest BCUT2D eigenvalue weighted by molar-refractivity contribution is 5.87. The highest BCUT2D eigenvalue weighted by Crippen LogP contribution is 2.38. The van der Waals surface area contributed by atoms with E-state index in [1.807, 2.05) is 0 Å². The molecule has 1 heterocycles. The fraction of sp³-hybridized carbons (Fsp3) is 0.290. The zero-order valence-electron chi connectivity index (χ0n) is 20.3. The predicted molar refractivity (Wildman–Crippen MR) is 140 cm³/mol. The Bertz CT molecular complexity index is 1250. The van der Waals surface area contributed by atoms with Crippen molar-refractivity contribution in [2.45, 2.75) is 38.8 Å². The largest absolute Gasteiger partial charge is 0.497 e. The average molecular weight is 452 g/mol. The van der Waals surface area contributed by atoms with Crippen LogP contribution in [0.25, 0.3) is 10.8 Å². The fourth-order valence-electron chi connectivity index (χ4n) is 5.20. The van der Waals surface area contributed by atoms with E-state index in [-0.39, 0.29) is 12.1 Å². The second-order valence-corrected chi connectivity index (χ2v) is 9.26. The first-order chi connectivity index (χ1) is 16.6. The number of fused-ring (bicyclic) bond motifs is 1. The van der Waals surface area contributed by atoms with Crippen molar-refractivity contribution < 1.29 is 9.47 Å². The van der Waals surface area contributed by atoms with E-state index in [1.165, 1.54) is 45.9 Å². The lowest BCUT2D eigenvalue weighted by molar-refractivity contribution is 0.0586. The van der Waals surface area contributed by atoms with Gasteiger partial charge in [-0.3, -0.25) is 4.90 Å². The maximum Gasteiger partial charge on any atom is 0.149 e. The summed E-state index contributed by atoms with van der Waals surface area (Å²) in [4.78, 5) is 2.42. The Morgan fingerprint density at radius 1 is 0.794 bits per heavy atom. The van der Waals surface area contributed by atoms with Gasteiger partial charge in [-0.25, -0.2) is 0 Å². The normalized spacial score (nSPS) is 15.9. The van der Waals surface area contributed by atoms with Crippen molar-refractivity contribution >= 4 is 10.8 Å². The van der Waals surface area contributed by atoms with E-state index in [0.717, 1.165) is 24.6 Å². The van der Waals surface area contributed by atoms with E-state index in [4.69, 9.17) is 9.47 Å². The lowest BCUT2D eigenvalue weighted by Crippen LogP contribution is -2.34. The summed E-state index contributed by atoms with van der Waals surface area (Å²) < 4.78 is 11.8. The number of ether oxygens (including phenoxy) is 2. The van der Waals surface area contributed by atoms with Crippen LogP contribution in [0.4, 0.5) is 0 Å². The first-order valence-corrected chi connectivity index (χ1v) is 12.3. The third-order valence-corrected chi connectivity index (χ3v) is 7.07. The number of hydrogen-bond acceptors (Lipinski definition) is 3. The maximum atomic E-state index is 6.39. The van der Waals surface area contributed by atoms with Crippen LogP contribution >= 0.6 is 0 Å². The molecule has 0 aromatic heterocycles. The molecule has 34 heavy (non-hydrogen) atoms. The number of hydrogen-bond donors (Lipinski definition) is 0. The summed E-state index contributed by atoms with van der Waals surface area (Å²) >= 11 is 0. The average Bonchev–Trinajstić information content (AvgIpc) is 3.42. The minimum absolute atomic E-state index is 0.0995. The first kappa shape index (κ1) is 22.5. The minimum atomic E-state index is 0.0995. The molecule has 3 heteroatoms. The van der Waals surface area contributed by atoms with E-state index >= 15 is 0 Å². The van der Waals surface area contributed by atoms with Gasteiger partial charge in [0.1, 0.15) is 17.7 Å². The Morgan fingerprint density at radius 3 is 2.24 bits per heavy atom. The van der Waals surface area contributed by atoms with E-state index in [2.05, 4.69) is 104 Å². The fourth-order valence-corrected chi connectivity index (χ4v) is 5.20. The summed E-state index contributed by atoms with van der Waals surface area (Å²) in [6.07, 6.45) is 2.63. The molecule has 1 aliphatic heterocycles. The number of methoxy groups -OCH3 is 1. The van der Waals surface area contributed by atoms with Gasteiger partial charge in [-0.05, 0) is 77.9 Å². The summed E-state index contributed by atoms with van der Waals surface area (Å²) in [7, 11) is 1.71. The molecule has 174 valence electrons. The lowest BCUT2D eigenvalue weighted by atomic mass is 9.82. The SMILES string of the molecule is COc1ccc(C(c2ccc(OC(C)N3CCCC3)c(C)c2)c2cccc3ccccc23)cc1. The highest BCUT2D eigenvalue weighted by Gasteiger charge is 2.22. The molecule has 0 spiro atoms. The van der Waals surface area contributed by atoms with Gasteiger partial charge in [0.15, 0.2) is 0 Å². The van der Waals surface area contributed by atoms with Crippen molar-refractivity contribution in [3.8, 4) is 11.5 Å². The number of nitrogens with zero attached hydrogens (tertiary/aromatic N) is 1. The zero-order chi connectivity index (χ0) is 23.5. The Morgan fingerprint density at radius 2 is 1.50 bits per heavy atom. The van der Waals surface area contributed by atoms with Crippen LogP contribution in [-0.2, 0) is 0 Å². The highest BCUT2D eigenvalue weighted by atomic mass is 16.5. The van der Waals surface area contributed by atoms with Crippen LogP contribution in [0.3, 0.4) is 0 Å². The number of likely N-dealkylation sites (tertiary alicyclic amines) is 1. The van der Waals surface area contributed by atoms with Gasteiger partial charge >= 0.3 is 0 Å². The third-order valence-electron chi connectivity index (χ3n) is 7.07. The molecular weight excluding hydrogens is 418 g/mol. The van der Waals surface area contributed by atoms with Gasteiger partial charge in [0.05, 0.1) is 7.11 Å². The molecule has 4 aromatic rings. The standard InChI is InChI=1S/C31H33NO2/c1-22-21-26(15-18-30(22)34-23(2)32-19-6-7-20-32)31(25-13-16-27(33-3)17-14-25)29-12-8-10-24-9-4-5-11-28(24)29/h4-5,8-18,21,23,31H,6-7,19-20H2,1-3H3. The van der Waals surface area contributed by atoms with Gasteiger partial charge in [0, 0.05) is 19.0 Å². The first-order valence-electron chi connectivity index (χ1n) is 12.3. The second-order valence-electron chi connectivity index (χ2n) is 9.26. The lowest BCUT2D eigenvalue weighted by Gasteiger charge is -2.26. The molecule has 0 N–H and O–H groups in total. The molecule has 5 rings (SSSR count). The summed E-state index contributed by atoms with van der Waals surface area (Å²) in [5.74, 6) is 1.95. The van der Waals surface area contributed by atoms with E-state index in [0.29, 0.717) is 0 Å². The Balaban J connectivity index is 1.55. The van der Waals surface area contributed by atoms with E-state index in [9.17, 15) is 0 Å². The third kappa shape index (κ3) is 4.53. The van der Waals surface area contributed by atoms with Gasteiger partial charge in [-0.15, -0.1) is 0 Å². The molecule has 4 aromatic carbocycles. The Hall–Kier alpha value is -3.30. The molecule has 0 aliphatic carbocycles. The zero-order valence-corrected chi connectivity index (χ0v) is 20.3. The number of benzene rings is 4. The van der Waals surface area contributed by atoms with Crippen LogP contribution in [0, 0.1) is 6.92 Å². The molecular formula is C31H33NO2. The summed E-state index contributed by atoms with van der Waals surface area (Å²) in [6, 6.07) is 30.4. The molecule has 2 unspecified atom stereocenters. The van der Waals surface area contributed by atoms with Crippen LogP contribution in [0.5, 0.6) is 11.5 Å². The quantitative estimate of drug-likeness (QED) is 0.278. The van der Waals surface area contributed by atoms with E-state index in [1.54, 1.807) is 7.11 Å². The second kappa shape index (κ2) is 9.90.